The van der Waals surface area contributed by atoms with Crippen LogP contribution >= 0.6 is 0 Å². The van der Waals surface area contributed by atoms with Crippen molar-refractivity contribution in [1.82, 2.24) is 37.2 Å². The van der Waals surface area contributed by atoms with Crippen molar-refractivity contribution in [1.29, 1.82) is 0 Å². The summed E-state index contributed by atoms with van der Waals surface area (Å²) in [6, 6.07) is 24.6. The van der Waals surface area contributed by atoms with Gasteiger partial charge in [0.05, 0.1) is 28.7 Å². The predicted molar refractivity (Wildman–Crippen MR) is 262 cm³/mol. The number of aliphatic hydroxyl groups excluding tert-OH is 3. The van der Waals surface area contributed by atoms with E-state index in [1.165, 1.54) is 69.2 Å². The molecule has 4 rings (SSSR count). The number of carboxylic acids is 1. The van der Waals surface area contributed by atoms with Crippen LogP contribution < -0.4 is 43.0 Å². The van der Waals surface area contributed by atoms with Crippen molar-refractivity contribution in [3.63, 3.8) is 0 Å². The second kappa shape index (κ2) is 22.9. The molecule has 5 amide bonds. The molecule has 0 bridgehead atoms. The molecule has 0 fully saturated rings. The highest BCUT2D eigenvalue weighted by molar-refractivity contribution is 5.95. The molecular formula is C51H70N8O10. The van der Waals surface area contributed by atoms with Gasteiger partial charge in [-0.2, -0.15) is 0 Å². The molecule has 0 spiro atoms. The molecule has 0 aromatic heterocycles. The van der Waals surface area contributed by atoms with Gasteiger partial charge in [-0.3, -0.25) is 39.4 Å². The molecule has 4 aromatic rings. The summed E-state index contributed by atoms with van der Waals surface area (Å²) in [6.45, 7) is 14.6. The molecule has 18 heteroatoms. The maximum Gasteiger partial charge on any atom is 0.325 e. The largest absolute Gasteiger partial charge is 0.480 e. The van der Waals surface area contributed by atoms with Crippen LogP contribution in [0.1, 0.15) is 97.6 Å². The molecule has 4 aromatic carbocycles. The number of benzene rings is 4. The van der Waals surface area contributed by atoms with Crippen LogP contribution in [0.4, 0.5) is 0 Å². The first-order valence-electron chi connectivity index (χ1n) is 22.8. The normalized spacial score (nSPS) is 15.3. The Labute approximate surface area is 403 Å². The Morgan fingerprint density at radius 1 is 0.536 bits per heavy atom. The van der Waals surface area contributed by atoms with E-state index in [1.54, 1.807) is 36.4 Å². The van der Waals surface area contributed by atoms with Gasteiger partial charge in [-0.1, -0.05) is 97.1 Å². The first kappa shape index (κ1) is 55.3. The molecule has 0 aliphatic heterocycles. The van der Waals surface area contributed by atoms with E-state index < -0.39 is 100 Å². The number of hydrogen-bond acceptors (Lipinski definition) is 12. The average Bonchev–Trinajstić information content (AvgIpc) is 3.27. The van der Waals surface area contributed by atoms with E-state index in [9.17, 15) is 49.2 Å². The molecule has 0 heterocycles. The summed E-state index contributed by atoms with van der Waals surface area (Å²) in [5, 5.41) is 64.2. The van der Waals surface area contributed by atoms with Crippen molar-refractivity contribution in [3.05, 3.63) is 119 Å². The first-order chi connectivity index (χ1) is 32.0. The van der Waals surface area contributed by atoms with Crippen LogP contribution in [0.15, 0.2) is 97.1 Å². The van der Waals surface area contributed by atoms with Gasteiger partial charge >= 0.3 is 5.97 Å². The van der Waals surface area contributed by atoms with E-state index in [-0.39, 0.29) is 12.8 Å². The highest BCUT2D eigenvalue weighted by Gasteiger charge is 2.40. The molecule has 374 valence electrons. The van der Waals surface area contributed by atoms with Gasteiger partial charge in [-0.15, -0.1) is 0 Å². The van der Waals surface area contributed by atoms with Gasteiger partial charge in [-0.05, 0) is 109 Å². The zero-order chi connectivity index (χ0) is 51.6. The van der Waals surface area contributed by atoms with Gasteiger partial charge in [0.1, 0.15) is 36.2 Å². The van der Waals surface area contributed by atoms with Gasteiger partial charge < -0.3 is 52.7 Å². The number of nitrogens with two attached hydrogens (primary N) is 1. The lowest BCUT2D eigenvalue weighted by Gasteiger charge is -2.38. The van der Waals surface area contributed by atoms with Crippen LogP contribution in [0.2, 0.25) is 0 Å². The zero-order valence-electron chi connectivity index (χ0n) is 41.0. The highest BCUT2D eigenvalue weighted by Crippen LogP contribution is 2.23. The number of aliphatic hydroxyl groups is 3. The number of aliphatic carboxylic acids is 1. The van der Waals surface area contributed by atoms with Gasteiger partial charge in [0, 0.05) is 6.42 Å². The quantitative estimate of drug-likeness (QED) is 0.0473. The van der Waals surface area contributed by atoms with Crippen molar-refractivity contribution in [2.75, 3.05) is 0 Å². The molecule has 0 radical (unpaired) electrons. The second-order valence-electron chi connectivity index (χ2n) is 19.9. The van der Waals surface area contributed by atoms with E-state index in [2.05, 4.69) is 37.2 Å². The van der Waals surface area contributed by atoms with Crippen molar-refractivity contribution in [3.8, 4) is 0 Å². The van der Waals surface area contributed by atoms with Crippen LogP contribution in [0.3, 0.4) is 0 Å². The molecule has 0 aliphatic rings. The number of fused-ring (bicyclic) bond motifs is 1. The minimum Gasteiger partial charge on any atom is -0.480 e. The Bertz CT molecular complexity index is 2440. The number of rotatable bonds is 23. The van der Waals surface area contributed by atoms with Gasteiger partial charge in [0.25, 0.3) is 0 Å². The Hall–Kier alpha value is -6.28. The standard InChI is InChI=1S/C51H70N8O10/c1-29(53-45(67)49(5,6)59-42(63)38(55-44(66)48(3,4)52)28-32-22-23-33-16-14-15-19-36(33)26-32)40(61)57-51(9,10)47(69)56-37(41(62)58-50(7,8)46(68)54-30(2)43(64)65)27-31-20-24-35(25-21-31)39(60)34-17-12-11-13-18-34/h11-26,29-30,37-39,45,47,53,56,60,67,69H,27-28,52H2,1-10H3,(H,54,68)(H,55,66)(H,57,61)(H,58,62)(H,59,63)(H,64,65)/t29?,30?,37?,38?,39-,45?,47?/m1/s1. The second-order valence-corrected chi connectivity index (χ2v) is 19.9. The maximum absolute atomic E-state index is 14.0. The van der Waals surface area contributed by atoms with E-state index >= 15 is 0 Å². The molecule has 0 aliphatic carbocycles. The number of carbonyl (C=O) groups is 6. The predicted octanol–water partition coefficient (Wildman–Crippen LogP) is 1.78. The molecule has 0 saturated heterocycles. The van der Waals surface area contributed by atoms with Gasteiger partial charge in [0.15, 0.2) is 0 Å². The van der Waals surface area contributed by atoms with Crippen LogP contribution in [0.5, 0.6) is 0 Å². The number of nitrogens with one attached hydrogen (secondary N) is 7. The van der Waals surface area contributed by atoms with Crippen LogP contribution in [-0.2, 0) is 41.6 Å². The third-order valence-electron chi connectivity index (χ3n) is 11.8. The Balaban J connectivity index is 1.47. The maximum atomic E-state index is 14.0. The lowest BCUT2D eigenvalue weighted by molar-refractivity contribution is -0.142. The van der Waals surface area contributed by atoms with E-state index in [0.717, 1.165) is 16.3 Å². The fourth-order valence-corrected chi connectivity index (χ4v) is 7.06. The SMILES string of the molecule is CC(NC(=O)C(C)(C)NC(=O)C(Cc1ccc([C@H](O)c2ccccc2)cc1)NC(O)C(C)(C)NC(=O)C(C)NC(O)C(C)(C)NC(=O)C(Cc1ccc2ccccc2c1)NC(=O)C(C)(C)N)C(=O)O. The molecule has 0 saturated carbocycles. The monoisotopic (exact) mass is 955 g/mol. The topological polar surface area (TPSA) is 294 Å². The minimum atomic E-state index is -1.61. The number of hydrogen-bond donors (Lipinski definition) is 12. The molecular weight excluding hydrogens is 885 g/mol. The van der Waals surface area contributed by atoms with E-state index in [0.29, 0.717) is 16.7 Å². The molecule has 13 N–H and O–H groups in total. The minimum absolute atomic E-state index is 0.0421. The highest BCUT2D eigenvalue weighted by atomic mass is 16.4. The summed E-state index contributed by atoms with van der Waals surface area (Å²) in [6.07, 6.45) is -3.99. The lowest BCUT2D eigenvalue weighted by Crippen LogP contribution is -2.67. The molecule has 69 heavy (non-hydrogen) atoms. The summed E-state index contributed by atoms with van der Waals surface area (Å²) < 4.78 is 0. The summed E-state index contributed by atoms with van der Waals surface area (Å²) in [7, 11) is 0. The number of carboxylic acid groups (broad SMARTS) is 1. The Morgan fingerprint density at radius 2 is 1.03 bits per heavy atom. The van der Waals surface area contributed by atoms with Crippen LogP contribution in [0, 0.1) is 0 Å². The molecule has 7 atom stereocenters. The summed E-state index contributed by atoms with van der Waals surface area (Å²) in [5.74, 6) is -4.63. The smallest absolute Gasteiger partial charge is 0.325 e. The average molecular weight is 955 g/mol. The molecule has 18 nitrogen and oxygen atoms in total. The van der Waals surface area contributed by atoms with Crippen molar-refractivity contribution in [2.45, 2.75) is 147 Å². The van der Waals surface area contributed by atoms with Crippen LogP contribution in [-0.4, -0.2) is 115 Å². The van der Waals surface area contributed by atoms with Crippen molar-refractivity contribution >= 4 is 46.3 Å². The van der Waals surface area contributed by atoms with Gasteiger partial charge in [0.2, 0.25) is 29.5 Å². The number of carbonyl (C=O) groups excluding carboxylic acids is 5. The first-order valence-corrected chi connectivity index (χ1v) is 22.8. The summed E-state index contributed by atoms with van der Waals surface area (Å²) >= 11 is 0. The van der Waals surface area contributed by atoms with Crippen molar-refractivity contribution < 1.29 is 49.2 Å². The Morgan fingerprint density at radius 3 is 1.61 bits per heavy atom. The Kier molecular flexibility index (Phi) is 18.3. The lowest BCUT2D eigenvalue weighted by atomic mass is 9.96. The third-order valence-corrected chi connectivity index (χ3v) is 11.8. The van der Waals surface area contributed by atoms with Crippen molar-refractivity contribution in [2.24, 2.45) is 5.73 Å². The van der Waals surface area contributed by atoms with Crippen LogP contribution in [0.25, 0.3) is 10.8 Å². The third kappa shape index (κ3) is 15.6. The summed E-state index contributed by atoms with van der Waals surface area (Å²) in [5.41, 5.74) is 2.89. The fourth-order valence-electron chi connectivity index (χ4n) is 7.06. The molecule has 6 unspecified atom stereocenters. The zero-order valence-corrected chi connectivity index (χ0v) is 41.0. The van der Waals surface area contributed by atoms with Gasteiger partial charge in [-0.25, -0.2) is 0 Å². The van der Waals surface area contributed by atoms with E-state index in [1.807, 2.05) is 60.7 Å². The number of amides is 5. The fraction of sp³-hybridized carbons (Fsp3) is 0.451. The summed E-state index contributed by atoms with van der Waals surface area (Å²) in [4.78, 5) is 79.2. The van der Waals surface area contributed by atoms with E-state index in [4.69, 9.17) is 5.73 Å².